The molecule has 109 heavy (non-hydrogen) atoms. The number of carbonyl (C=O) groups is 7. The third-order valence-electron chi connectivity index (χ3n) is 19.1. The number of azide groups is 1. The summed E-state index contributed by atoms with van der Waals surface area (Å²) in [5.74, 6) is -3.20. The van der Waals surface area contributed by atoms with Crippen LogP contribution in [0.5, 0.6) is 11.5 Å². The fourth-order valence-electron chi connectivity index (χ4n) is 14.1. The van der Waals surface area contributed by atoms with Crippen molar-refractivity contribution in [3.8, 4) is 23.3 Å². The molecule has 0 bridgehead atoms. The summed E-state index contributed by atoms with van der Waals surface area (Å²) in [4.78, 5) is 161. The van der Waals surface area contributed by atoms with Crippen LogP contribution in [0.3, 0.4) is 0 Å². The van der Waals surface area contributed by atoms with Crippen molar-refractivity contribution in [3.05, 3.63) is 128 Å². The minimum atomic E-state index is -5.85. The number of nitrogens with one attached hydrogen (secondary N) is 3. The summed E-state index contributed by atoms with van der Waals surface area (Å²) in [5.41, 5.74) is 14.6. The lowest BCUT2D eigenvalue weighted by Gasteiger charge is -2.39. The fraction of sp³-hybridized carbons (Fsp3) is 0.529. The summed E-state index contributed by atoms with van der Waals surface area (Å²) in [6.07, 6.45) is 0.380. The molecule has 0 spiro atoms. The Balaban J connectivity index is 0.719. The number of aromatic carboxylic acids is 1. The molecule has 9 atom stereocenters. The van der Waals surface area contributed by atoms with Crippen molar-refractivity contribution in [2.45, 2.75) is 140 Å². The molecule has 0 saturated carbocycles. The number of H-pyrrole nitrogens is 1. The molecular weight excluding hydrogens is 1500 g/mol. The first kappa shape index (κ1) is 82.7. The van der Waals surface area contributed by atoms with Gasteiger partial charge in [0.2, 0.25) is 11.3 Å². The quantitative estimate of drug-likeness (QED) is 0.00395. The second kappa shape index (κ2) is 36.8. The number of aliphatic hydroxyl groups is 1. The Morgan fingerprint density at radius 3 is 2.28 bits per heavy atom. The Bertz CT molecular complexity index is 4730. The molecule has 7 heterocycles. The highest BCUT2D eigenvalue weighted by Crippen LogP contribution is 2.66. The first-order valence-electron chi connectivity index (χ1n) is 35.2. The van der Waals surface area contributed by atoms with Gasteiger partial charge in [-0.25, -0.2) is 27.9 Å². The summed E-state index contributed by atoms with van der Waals surface area (Å²) >= 11 is 0. The molecule has 4 aromatic rings. The van der Waals surface area contributed by atoms with E-state index in [2.05, 4.69) is 67.3 Å². The summed E-state index contributed by atoms with van der Waals surface area (Å²) in [6, 6.07) is 7.35. The topological polar surface area (TPSA) is 550 Å². The molecule has 9 unspecified atom stereocenters. The second-order valence-electron chi connectivity index (χ2n) is 26.5. The van der Waals surface area contributed by atoms with Crippen LogP contribution in [0.2, 0.25) is 0 Å². The third-order valence-corrected chi connectivity index (χ3v) is 22.9. The number of rotatable bonds is 38. The van der Waals surface area contributed by atoms with Gasteiger partial charge in [-0.1, -0.05) is 36.4 Å². The van der Waals surface area contributed by atoms with Gasteiger partial charge in [0.05, 0.1) is 75.1 Å². The van der Waals surface area contributed by atoms with E-state index in [1.165, 1.54) is 35.2 Å². The zero-order valence-corrected chi connectivity index (χ0v) is 61.7. The average Bonchev–Trinajstić information content (AvgIpc) is 0.976. The van der Waals surface area contributed by atoms with Gasteiger partial charge in [0, 0.05) is 101 Å². The SMILES string of the molecule is CCC(CC(=O)C(CC(=O)O)NC(=O)C(CCCCNC(=O)c1ccc(C2=c3cc4c5c(c3Oc3c2cc2c6c3CCCN6CCC2)CCC[N+]=5CCC4)c(C(=O)O)c1)CC(=O)OCCOCCOCC(N=[N+]=[N-])OCC#Cc1cn(C2CC(O)C(COP(=O)(O)OP(=O)(O)OP(=O)(O)O)O2)c(=O)[nH]c1=O)C(=O)O. The lowest BCUT2D eigenvalue weighted by Crippen LogP contribution is -2.46. The smallest absolute Gasteiger partial charge is 0.481 e. The first-order chi connectivity index (χ1) is 51.9. The number of phosphoric ester groups is 1. The molecule has 0 radical (unpaired) electrons. The Morgan fingerprint density at radius 2 is 1.56 bits per heavy atom. The number of nitrogens with zero attached hydrogens (tertiary/aromatic N) is 6. The van der Waals surface area contributed by atoms with Gasteiger partial charge in [-0.15, -0.1) is 0 Å². The maximum atomic E-state index is 14.0. The number of aryl methyl sites for hydroxylation is 2. The number of aromatic amines is 1. The molecule has 1 aromatic heterocycles. The van der Waals surface area contributed by atoms with Crippen LogP contribution >= 0.6 is 23.5 Å². The number of ketones is 1. The van der Waals surface area contributed by atoms with Crippen molar-refractivity contribution in [3.63, 3.8) is 0 Å². The predicted molar refractivity (Wildman–Crippen MR) is 377 cm³/mol. The molecule has 38 nitrogen and oxygen atoms in total. The molecule has 1 saturated heterocycles. The number of unbranched alkanes of at least 4 members (excludes halogenated alkanes) is 1. The number of ether oxygens (including phenoxy) is 6. The van der Waals surface area contributed by atoms with Gasteiger partial charge >= 0.3 is 53.0 Å². The number of carboxylic acids is 3. The highest BCUT2D eigenvalue weighted by atomic mass is 31.3. The van der Waals surface area contributed by atoms with Crippen LogP contribution in [0.15, 0.2) is 51.2 Å². The Labute approximate surface area is 620 Å². The minimum absolute atomic E-state index is 0.0224. The van der Waals surface area contributed by atoms with Crippen LogP contribution in [0.25, 0.3) is 16.0 Å². The van der Waals surface area contributed by atoms with Gasteiger partial charge in [0.25, 0.3) is 11.5 Å². The molecule has 11 N–H and O–H groups in total. The third kappa shape index (κ3) is 21.4. The Kier molecular flexibility index (Phi) is 27.9. The van der Waals surface area contributed by atoms with Gasteiger partial charge in [0.15, 0.2) is 12.0 Å². The maximum absolute atomic E-state index is 14.0. The summed E-state index contributed by atoms with van der Waals surface area (Å²) in [7, 11) is -17.1. The van der Waals surface area contributed by atoms with E-state index in [1.807, 2.05) is 4.98 Å². The lowest BCUT2D eigenvalue weighted by atomic mass is 9.81. The van der Waals surface area contributed by atoms with E-state index in [0.29, 0.717) is 5.56 Å². The predicted octanol–water partition coefficient (Wildman–Crippen LogP) is 2.88. The van der Waals surface area contributed by atoms with Crippen molar-refractivity contribution in [2.75, 3.05) is 83.9 Å². The van der Waals surface area contributed by atoms with Crippen LogP contribution < -0.4 is 46.7 Å². The number of aliphatic hydroxyl groups excluding tert-OH is 1. The number of anilines is 1. The number of Topliss-reactive ketones (excluding diaryl/α,β-unsaturated/α-hetero) is 1. The molecule has 588 valence electrons. The van der Waals surface area contributed by atoms with Crippen LogP contribution in [0, 0.1) is 23.7 Å². The van der Waals surface area contributed by atoms with Gasteiger partial charge in [0.1, 0.15) is 55.7 Å². The zero-order valence-electron chi connectivity index (χ0n) is 59.0. The highest BCUT2D eigenvalue weighted by Gasteiger charge is 2.44. The van der Waals surface area contributed by atoms with Gasteiger partial charge in [-0.2, -0.15) is 8.62 Å². The van der Waals surface area contributed by atoms with Crippen molar-refractivity contribution in [2.24, 2.45) is 17.0 Å². The van der Waals surface area contributed by atoms with E-state index < -0.39 is 158 Å². The number of aliphatic carboxylic acids is 2. The number of phosphoric acid groups is 3. The van der Waals surface area contributed by atoms with Gasteiger partial charge in [-0.3, -0.25) is 47.6 Å². The molecule has 3 aromatic carbocycles. The fourth-order valence-corrected chi connectivity index (χ4v) is 17.2. The number of esters is 1. The molecule has 6 aliphatic rings. The molecule has 41 heteroatoms. The Hall–Kier alpha value is -8.82. The number of carbonyl (C=O) groups excluding carboxylic acids is 4. The number of benzene rings is 3. The van der Waals surface area contributed by atoms with E-state index >= 15 is 0 Å². The lowest BCUT2D eigenvalue weighted by molar-refractivity contribution is -0.149. The molecule has 6 aliphatic heterocycles. The molecule has 2 amide bonds. The number of hydrogen-bond donors (Lipinski definition) is 11. The number of aromatic nitrogens is 2. The normalized spacial score (nSPS) is 19.0. The summed E-state index contributed by atoms with van der Waals surface area (Å²) in [6.45, 7) is 2.70. The Morgan fingerprint density at radius 1 is 0.835 bits per heavy atom. The molecule has 0 aliphatic carbocycles. The molecular formula is C68H83N9O29P3+. The summed E-state index contributed by atoms with van der Waals surface area (Å²) in [5, 5.41) is 51.6. The molecule has 10 rings (SSSR count). The van der Waals surface area contributed by atoms with Crippen LogP contribution in [-0.2, 0) is 100 Å². The molecule has 1 fully saturated rings. The zero-order chi connectivity index (χ0) is 78.5. The van der Waals surface area contributed by atoms with Crippen molar-refractivity contribution >= 4 is 76.2 Å². The number of carboxylic acid groups (broad SMARTS) is 3. The standard InChI is InChI=1S/C68H82N9O29P3/c1-2-38(66(86)87)31-51(78)50(33-56(80)81)71-64(84)41(32-57(82)101-27-26-98-24-25-99-37-54(73-74-69)100-23-9-13-43-35-77(68(90)72-65(43)85)55-34-52(79)53(103-55)36-102-108(94,95)106-109(96,97)105-107(91,92)93)10-3-4-18-70-63(83)42-16-17-44(47(30-42)67(88)89)58-48-28-39-11-5-19-75-21-7-14-45(59(39)75)61(48)104-62-46-15-8-22-76-20-6-12-40(60(46)76)29-49(58)62/h16-17,28-30,35,38,41,50,52-55,79H,2-8,10-12,14-15,18-27,31-34,36-37H2,1H3,(H9-,70,71,72,80,81,83,84,85,86,87,88,89,90,91,92,93,94,95,96,97)/p+1. The number of hydrogen-bond acceptors (Lipinski definition) is 24. The van der Waals surface area contributed by atoms with E-state index in [0.717, 1.165) is 127 Å². The van der Waals surface area contributed by atoms with Gasteiger partial charge < -0.3 is 84.0 Å². The maximum Gasteiger partial charge on any atom is 0.490 e. The first-order valence-corrected chi connectivity index (χ1v) is 39.7. The van der Waals surface area contributed by atoms with Gasteiger partial charge in [-0.05, 0) is 98.7 Å². The van der Waals surface area contributed by atoms with E-state index in [4.69, 9.17) is 43.7 Å². The highest BCUT2D eigenvalue weighted by molar-refractivity contribution is 7.66. The van der Waals surface area contributed by atoms with Crippen LogP contribution in [0.4, 0.5) is 5.69 Å². The van der Waals surface area contributed by atoms with E-state index in [-0.39, 0.29) is 82.0 Å². The van der Waals surface area contributed by atoms with Crippen molar-refractivity contribution in [1.82, 2.24) is 24.8 Å². The van der Waals surface area contributed by atoms with Crippen LogP contribution in [-0.4, -0.2) is 194 Å². The minimum Gasteiger partial charge on any atom is -0.481 e. The second-order valence-corrected chi connectivity index (χ2v) is 31.0. The number of amides is 2. The number of fused-ring (bicyclic) bond motifs is 4. The average molecular weight is 1580 g/mol. The van der Waals surface area contributed by atoms with Crippen molar-refractivity contribution in [1.29, 1.82) is 0 Å². The largest absolute Gasteiger partial charge is 0.490 e. The monoisotopic (exact) mass is 1580 g/mol. The van der Waals surface area contributed by atoms with Crippen LogP contribution in [0.1, 0.15) is 150 Å². The van der Waals surface area contributed by atoms with E-state index in [1.54, 1.807) is 12.1 Å². The van der Waals surface area contributed by atoms with Crippen molar-refractivity contribution < 1.29 is 129 Å². The summed E-state index contributed by atoms with van der Waals surface area (Å²) < 4.78 is 84.2. The van der Waals surface area contributed by atoms with E-state index in [9.17, 15) is 87.1 Å².